The first-order valence-corrected chi connectivity index (χ1v) is 5.46. The Kier molecular flexibility index (Phi) is 4.89. The van der Waals surface area contributed by atoms with Crippen molar-refractivity contribution < 1.29 is 0 Å². The lowest BCUT2D eigenvalue weighted by molar-refractivity contribution is 0.550. The molecule has 82 valence electrons. The van der Waals surface area contributed by atoms with Crippen LogP contribution < -0.4 is 0 Å². The standard InChI is InChI=1S/C10H18N2.C2H6/c1-7(2)8-6-11-9(12-8)10(3,4)5;1-2/h6-7H,1-5H3,(H,11,12);1-2H3. The Morgan fingerprint density at radius 3 is 1.93 bits per heavy atom. The summed E-state index contributed by atoms with van der Waals surface area (Å²) >= 11 is 0. The van der Waals surface area contributed by atoms with E-state index in [2.05, 4.69) is 44.6 Å². The molecule has 2 nitrogen and oxygen atoms in total. The maximum atomic E-state index is 4.35. The van der Waals surface area contributed by atoms with Crippen LogP contribution in [-0.4, -0.2) is 9.97 Å². The molecule has 0 radical (unpaired) electrons. The van der Waals surface area contributed by atoms with Crippen molar-refractivity contribution in [3.05, 3.63) is 17.7 Å². The zero-order chi connectivity index (χ0) is 11.4. The van der Waals surface area contributed by atoms with Gasteiger partial charge in [0, 0.05) is 17.3 Å². The van der Waals surface area contributed by atoms with Crippen molar-refractivity contribution in [2.45, 2.75) is 59.8 Å². The van der Waals surface area contributed by atoms with Gasteiger partial charge >= 0.3 is 0 Å². The monoisotopic (exact) mass is 196 g/mol. The van der Waals surface area contributed by atoms with Crippen LogP contribution in [0.1, 0.15) is 65.9 Å². The average Bonchev–Trinajstić information content (AvgIpc) is 2.54. The third-order valence-corrected chi connectivity index (χ3v) is 1.93. The van der Waals surface area contributed by atoms with Crippen molar-refractivity contribution in [1.82, 2.24) is 9.97 Å². The van der Waals surface area contributed by atoms with E-state index in [9.17, 15) is 0 Å². The first-order valence-electron chi connectivity index (χ1n) is 5.46. The Morgan fingerprint density at radius 2 is 1.71 bits per heavy atom. The molecule has 0 aliphatic rings. The van der Waals surface area contributed by atoms with Crippen LogP contribution in [-0.2, 0) is 5.41 Å². The second kappa shape index (κ2) is 5.18. The first kappa shape index (κ1) is 13.2. The number of aromatic amines is 1. The molecule has 2 heteroatoms. The maximum absolute atomic E-state index is 4.35. The quantitative estimate of drug-likeness (QED) is 0.726. The highest BCUT2D eigenvalue weighted by Crippen LogP contribution is 2.20. The van der Waals surface area contributed by atoms with E-state index in [0.717, 1.165) is 5.82 Å². The fourth-order valence-electron chi connectivity index (χ4n) is 1.01. The van der Waals surface area contributed by atoms with Gasteiger partial charge in [0.25, 0.3) is 0 Å². The molecule has 0 saturated heterocycles. The molecule has 0 amide bonds. The number of nitrogens with zero attached hydrogens (tertiary/aromatic N) is 1. The van der Waals surface area contributed by atoms with Gasteiger partial charge in [-0.05, 0) is 5.92 Å². The van der Waals surface area contributed by atoms with Gasteiger partial charge in [-0.1, -0.05) is 48.5 Å². The van der Waals surface area contributed by atoms with Gasteiger partial charge in [-0.25, -0.2) is 4.98 Å². The number of imidazole rings is 1. The van der Waals surface area contributed by atoms with Crippen molar-refractivity contribution in [3.8, 4) is 0 Å². The molecule has 1 heterocycles. The summed E-state index contributed by atoms with van der Waals surface area (Å²) in [6.45, 7) is 14.8. The van der Waals surface area contributed by atoms with E-state index >= 15 is 0 Å². The van der Waals surface area contributed by atoms with Crippen LogP contribution in [0.4, 0.5) is 0 Å². The number of hydrogen-bond acceptors (Lipinski definition) is 1. The fraction of sp³-hybridized carbons (Fsp3) is 0.750. The van der Waals surface area contributed by atoms with Crippen molar-refractivity contribution in [2.75, 3.05) is 0 Å². The van der Waals surface area contributed by atoms with Crippen LogP contribution in [0.3, 0.4) is 0 Å². The number of hydrogen-bond donors (Lipinski definition) is 1. The molecule has 0 saturated carbocycles. The lowest BCUT2D eigenvalue weighted by atomic mass is 9.96. The molecule has 0 aliphatic carbocycles. The van der Waals surface area contributed by atoms with E-state index in [4.69, 9.17) is 0 Å². The predicted molar refractivity (Wildman–Crippen MR) is 62.7 cm³/mol. The van der Waals surface area contributed by atoms with Crippen molar-refractivity contribution in [2.24, 2.45) is 0 Å². The number of nitrogens with one attached hydrogen (secondary N) is 1. The summed E-state index contributed by atoms with van der Waals surface area (Å²) in [5.74, 6) is 1.61. The second-order valence-electron chi connectivity index (χ2n) is 4.59. The molecular weight excluding hydrogens is 172 g/mol. The molecule has 0 aliphatic heterocycles. The maximum Gasteiger partial charge on any atom is 0.111 e. The number of aromatic nitrogens is 2. The van der Waals surface area contributed by atoms with Crippen LogP contribution in [0.15, 0.2) is 6.20 Å². The highest BCUT2D eigenvalue weighted by atomic mass is 14.9. The third-order valence-electron chi connectivity index (χ3n) is 1.93. The minimum Gasteiger partial charge on any atom is -0.345 e. The molecule has 0 spiro atoms. The van der Waals surface area contributed by atoms with Crippen LogP contribution in [0.5, 0.6) is 0 Å². The van der Waals surface area contributed by atoms with Gasteiger partial charge < -0.3 is 4.98 Å². The highest BCUT2D eigenvalue weighted by Gasteiger charge is 2.17. The van der Waals surface area contributed by atoms with E-state index in [0.29, 0.717) is 5.92 Å². The van der Waals surface area contributed by atoms with Gasteiger partial charge in [-0.2, -0.15) is 0 Å². The molecule has 1 aromatic heterocycles. The van der Waals surface area contributed by atoms with Gasteiger partial charge in [0.05, 0.1) is 0 Å². The van der Waals surface area contributed by atoms with Crippen molar-refractivity contribution in [3.63, 3.8) is 0 Å². The Balaban J connectivity index is 0.000000791. The molecule has 1 rings (SSSR count). The smallest absolute Gasteiger partial charge is 0.111 e. The van der Waals surface area contributed by atoms with Crippen molar-refractivity contribution >= 4 is 0 Å². The molecule has 1 N–H and O–H groups in total. The van der Waals surface area contributed by atoms with Crippen molar-refractivity contribution in [1.29, 1.82) is 0 Å². The molecule has 1 aromatic rings. The molecule has 0 unspecified atom stereocenters. The Bertz CT molecular complexity index is 254. The van der Waals surface area contributed by atoms with Gasteiger partial charge in [0.15, 0.2) is 0 Å². The Morgan fingerprint density at radius 1 is 1.21 bits per heavy atom. The SMILES string of the molecule is CC.CC(C)c1cnc(C(C)(C)C)[nH]1. The summed E-state index contributed by atoms with van der Waals surface area (Å²) in [7, 11) is 0. The summed E-state index contributed by atoms with van der Waals surface area (Å²) in [6.07, 6.45) is 1.94. The van der Waals surface area contributed by atoms with Gasteiger partial charge in [0.1, 0.15) is 5.82 Å². The minimum absolute atomic E-state index is 0.132. The summed E-state index contributed by atoms with van der Waals surface area (Å²) in [4.78, 5) is 7.69. The zero-order valence-corrected chi connectivity index (χ0v) is 10.6. The molecule has 14 heavy (non-hydrogen) atoms. The van der Waals surface area contributed by atoms with Gasteiger partial charge in [-0.15, -0.1) is 0 Å². The third kappa shape index (κ3) is 3.52. The Hall–Kier alpha value is -0.790. The van der Waals surface area contributed by atoms with Crippen LogP contribution >= 0.6 is 0 Å². The van der Waals surface area contributed by atoms with Gasteiger partial charge in [0.2, 0.25) is 0 Å². The predicted octanol–water partition coefficient (Wildman–Crippen LogP) is 3.86. The fourth-order valence-corrected chi connectivity index (χ4v) is 1.01. The van der Waals surface area contributed by atoms with E-state index in [1.165, 1.54) is 5.69 Å². The largest absolute Gasteiger partial charge is 0.345 e. The lowest BCUT2D eigenvalue weighted by Gasteiger charge is -2.14. The zero-order valence-electron chi connectivity index (χ0n) is 10.6. The molecule has 0 fully saturated rings. The van der Waals surface area contributed by atoms with Crippen LogP contribution in [0.2, 0.25) is 0 Å². The topological polar surface area (TPSA) is 28.7 Å². The van der Waals surface area contributed by atoms with Gasteiger partial charge in [-0.3, -0.25) is 0 Å². The normalized spacial score (nSPS) is 11.1. The molecule has 0 bridgehead atoms. The van der Waals surface area contributed by atoms with Crippen LogP contribution in [0, 0.1) is 0 Å². The number of H-pyrrole nitrogens is 1. The Labute approximate surface area is 88.2 Å². The molecule has 0 atom stereocenters. The molecular formula is C12H24N2. The second-order valence-corrected chi connectivity index (χ2v) is 4.59. The lowest BCUT2D eigenvalue weighted by Crippen LogP contribution is -2.13. The first-order chi connectivity index (χ1) is 6.41. The number of rotatable bonds is 1. The van der Waals surface area contributed by atoms with E-state index < -0.39 is 0 Å². The molecule has 0 aromatic carbocycles. The average molecular weight is 196 g/mol. The highest BCUT2D eigenvalue weighted by molar-refractivity contribution is 5.10. The van der Waals surface area contributed by atoms with E-state index in [1.54, 1.807) is 0 Å². The van der Waals surface area contributed by atoms with E-state index in [-0.39, 0.29) is 5.41 Å². The van der Waals surface area contributed by atoms with E-state index in [1.807, 2.05) is 20.0 Å². The summed E-state index contributed by atoms with van der Waals surface area (Å²) in [5.41, 5.74) is 1.35. The summed E-state index contributed by atoms with van der Waals surface area (Å²) < 4.78 is 0. The summed E-state index contributed by atoms with van der Waals surface area (Å²) in [5, 5.41) is 0. The minimum atomic E-state index is 0.132. The van der Waals surface area contributed by atoms with Crippen LogP contribution in [0.25, 0.3) is 0 Å². The summed E-state index contributed by atoms with van der Waals surface area (Å²) in [6, 6.07) is 0.